The largest absolute Gasteiger partial charge is 0.356 e. The second-order valence-electron chi connectivity index (χ2n) is 6.09. The Hall–Kier alpha value is -1.87. The zero-order chi connectivity index (χ0) is 17.4. The molecule has 0 aromatic heterocycles. The molecular formula is C18H22BrN3O2. The molecule has 1 N–H and O–H groups in total. The van der Waals surface area contributed by atoms with Gasteiger partial charge in [0.2, 0.25) is 11.8 Å². The number of halogens is 1. The van der Waals surface area contributed by atoms with Crippen LogP contribution in [0, 0.1) is 17.2 Å². The van der Waals surface area contributed by atoms with E-state index in [2.05, 4.69) is 21.2 Å². The molecule has 0 aliphatic carbocycles. The van der Waals surface area contributed by atoms with Crippen LogP contribution in [0.2, 0.25) is 0 Å². The van der Waals surface area contributed by atoms with Crippen molar-refractivity contribution in [1.82, 2.24) is 10.2 Å². The van der Waals surface area contributed by atoms with Crippen molar-refractivity contribution in [1.29, 1.82) is 5.26 Å². The van der Waals surface area contributed by atoms with E-state index in [0.717, 1.165) is 29.3 Å². The average Bonchev–Trinajstić information content (AvgIpc) is 2.60. The number of amides is 2. The number of benzene rings is 1. The van der Waals surface area contributed by atoms with Crippen molar-refractivity contribution in [2.24, 2.45) is 5.92 Å². The van der Waals surface area contributed by atoms with Crippen molar-refractivity contribution in [2.45, 2.75) is 32.1 Å². The highest BCUT2D eigenvalue weighted by Gasteiger charge is 2.22. The van der Waals surface area contributed by atoms with E-state index in [1.807, 2.05) is 30.3 Å². The first-order chi connectivity index (χ1) is 11.6. The summed E-state index contributed by atoms with van der Waals surface area (Å²) in [6.45, 7) is 2.03. The molecule has 0 atom stereocenters. The fourth-order valence-electron chi connectivity index (χ4n) is 2.82. The summed E-state index contributed by atoms with van der Waals surface area (Å²) in [5.74, 6) is 0.392. The number of aryl methyl sites for hydroxylation is 1. The Kier molecular flexibility index (Phi) is 7.26. The van der Waals surface area contributed by atoms with E-state index in [4.69, 9.17) is 5.26 Å². The number of carbonyl (C=O) groups is 2. The molecule has 0 radical (unpaired) electrons. The first-order valence-electron chi connectivity index (χ1n) is 8.24. The highest BCUT2D eigenvalue weighted by Crippen LogP contribution is 2.17. The standard InChI is InChI=1S/C18H22BrN3O2/c19-16-4-1-14(2-5-16)3-6-17(23)21-13-15-8-11-22(12-9-15)18(24)7-10-20/h1-2,4-5,15H,3,6-9,11-13H2,(H,21,23). The maximum absolute atomic E-state index is 12.0. The monoisotopic (exact) mass is 391 g/mol. The third kappa shape index (κ3) is 5.97. The van der Waals surface area contributed by atoms with Gasteiger partial charge in [-0.05, 0) is 42.9 Å². The Morgan fingerprint density at radius 1 is 1.25 bits per heavy atom. The number of likely N-dealkylation sites (tertiary alicyclic amines) is 1. The van der Waals surface area contributed by atoms with Gasteiger partial charge in [0.05, 0.1) is 6.07 Å². The van der Waals surface area contributed by atoms with Crippen molar-refractivity contribution in [3.63, 3.8) is 0 Å². The number of nitriles is 1. The predicted molar refractivity (Wildman–Crippen MR) is 95.0 cm³/mol. The molecule has 1 saturated heterocycles. The molecule has 1 aromatic carbocycles. The minimum absolute atomic E-state index is 0.0442. The van der Waals surface area contributed by atoms with Gasteiger partial charge in [-0.25, -0.2) is 0 Å². The third-order valence-corrected chi connectivity index (χ3v) is 4.87. The van der Waals surface area contributed by atoms with Crippen molar-refractivity contribution in [2.75, 3.05) is 19.6 Å². The van der Waals surface area contributed by atoms with Gasteiger partial charge in [0.25, 0.3) is 0 Å². The number of nitrogens with zero attached hydrogens (tertiary/aromatic N) is 2. The van der Waals surface area contributed by atoms with Gasteiger partial charge in [0.15, 0.2) is 0 Å². The number of carbonyl (C=O) groups excluding carboxylic acids is 2. The van der Waals surface area contributed by atoms with Crippen LogP contribution < -0.4 is 5.32 Å². The summed E-state index contributed by atoms with van der Waals surface area (Å²) in [5, 5.41) is 11.6. The van der Waals surface area contributed by atoms with E-state index in [9.17, 15) is 9.59 Å². The van der Waals surface area contributed by atoms with Gasteiger partial charge < -0.3 is 10.2 Å². The summed E-state index contributed by atoms with van der Waals surface area (Å²) in [6.07, 6.45) is 2.94. The molecule has 24 heavy (non-hydrogen) atoms. The summed E-state index contributed by atoms with van der Waals surface area (Å²) >= 11 is 3.40. The maximum atomic E-state index is 12.0. The summed E-state index contributed by atoms with van der Waals surface area (Å²) in [6, 6.07) is 9.90. The molecule has 1 heterocycles. The lowest BCUT2D eigenvalue weighted by atomic mass is 9.96. The van der Waals surface area contributed by atoms with Crippen LogP contribution >= 0.6 is 15.9 Å². The van der Waals surface area contributed by atoms with Crippen LogP contribution in [0.15, 0.2) is 28.7 Å². The highest BCUT2D eigenvalue weighted by molar-refractivity contribution is 9.10. The van der Waals surface area contributed by atoms with Crippen molar-refractivity contribution in [3.8, 4) is 6.07 Å². The van der Waals surface area contributed by atoms with E-state index in [0.29, 0.717) is 32.0 Å². The molecule has 1 aromatic rings. The van der Waals surface area contributed by atoms with Gasteiger partial charge in [0, 0.05) is 30.5 Å². The fourth-order valence-corrected chi connectivity index (χ4v) is 3.09. The van der Waals surface area contributed by atoms with Crippen molar-refractivity contribution >= 4 is 27.7 Å². The van der Waals surface area contributed by atoms with E-state index in [1.54, 1.807) is 4.90 Å². The smallest absolute Gasteiger partial charge is 0.236 e. The highest BCUT2D eigenvalue weighted by atomic mass is 79.9. The van der Waals surface area contributed by atoms with Crippen LogP contribution in [0.1, 0.15) is 31.2 Å². The normalized spacial score (nSPS) is 14.9. The lowest BCUT2D eigenvalue weighted by Crippen LogP contribution is -2.41. The molecule has 0 bridgehead atoms. The topological polar surface area (TPSA) is 73.2 Å². The van der Waals surface area contributed by atoms with Crippen LogP contribution in [0.4, 0.5) is 0 Å². The lowest BCUT2D eigenvalue weighted by Gasteiger charge is -2.31. The SMILES string of the molecule is N#CCC(=O)N1CCC(CNC(=O)CCc2ccc(Br)cc2)CC1. The Morgan fingerprint density at radius 2 is 1.92 bits per heavy atom. The van der Waals surface area contributed by atoms with Crippen LogP contribution in [-0.4, -0.2) is 36.3 Å². The average molecular weight is 392 g/mol. The summed E-state index contributed by atoms with van der Waals surface area (Å²) < 4.78 is 1.04. The Labute approximate surface area is 151 Å². The number of rotatable bonds is 6. The molecule has 6 heteroatoms. The minimum atomic E-state index is -0.0884. The van der Waals surface area contributed by atoms with Crippen LogP contribution in [-0.2, 0) is 16.0 Å². The first kappa shape index (κ1) is 18.5. The molecular weight excluding hydrogens is 370 g/mol. The second-order valence-corrected chi connectivity index (χ2v) is 7.01. The molecule has 0 spiro atoms. The van der Waals surface area contributed by atoms with Crippen molar-refractivity contribution in [3.05, 3.63) is 34.3 Å². The van der Waals surface area contributed by atoms with Crippen LogP contribution in [0.3, 0.4) is 0 Å². The van der Waals surface area contributed by atoms with Gasteiger partial charge in [0.1, 0.15) is 6.42 Å². The van der Waals surface area contributed by atoms with Crippen LogP contribution in [0.5, 0.6) is 0 Å². The van der Waals surface area contributed by atoms with E-state index in [-0.39, 0.29) is 18.2 Å². The predicted octanol–water partition coefficient (Wildman–Crippen LogP) is 2.65. The number of nitrogens with one attached hydrogen (secondary N) is 1. The first-order valence-corrected chi connectivity index (χ1v) is 9.03. The molecule has 1 aliphatic heterocycles. The Bertz CT molecular complexity index is 602. The molecule has 2 amide bonds. The summed E-state index contributed by atoms with van der Waals surface area (Å²) in [4.78, 5) is 25.4. The van der Waals surface area contributed by atoms with Gasteiger partial charge in [-0.2, -0.15) is 5.26 Å². The minimum Gasteiger partial charge on any atom is -0.356 e. The molecule has 0 saturated carbocycles. The molecule has 128 valence electrons. The van der Waals surface area contributed by atoms with Gasteiger partial charge >= 0.3 is 0 Å². The Balaban J connectivity index is 1.63. The number of piperidine rings is 1. The number of hydrogen-bond acceptors (Lipinski definition) is 3. The zero-order valence-corrected chi connectivity index (χ0v) is 15.2. The summed E-state index contributed by atoms with van der Waals surface area (Å²) in [7, 11) is 0. The van der Waals surface area contributed by atoms with Gasteiger partial charge in [-0.3, -0.25) is 9.59 Å². The Morgan fingerprint density at radius 3 is 2.54 bits per heavy atom. The number of hydrogen-bond donors (Lipinski definition) is 1. The molecule has 2 rings (SSSR count). The van der Waals surface area contributed by atoms with Crippen LogP contribution in [0.25, 0.3) is 0 Å². The molecule has 5 nitrogen and oxygen atoms in total. The van der Waals surface area contributed by atoms with Gasteiger partial charge in [-0.15, -0.1) is 0 Å². The lowest BCUT2D eigenvalue weighted by molar-refractivity contribution is -0.131. The fraction of sp³-hybridized carbons (Fsp3) is 0.500. The summed E-state index contributed by atoms with van der Waals surface area (Å²) in [5.41, 5.74) is 1.15. The van der Waals surface area contributed by atoms with E-state index in [1.165, 1.54) is 0 Å². The molecule has 0 unspecified atom stereocenters. The maximum Gasteiger partial charge on any atom is 0.236 e. The zero-order valence-electron chi connectivity index (χ0n) is 13.6. The van der Waals surface area contributed by atoms with Gasteiger partial charge in [-0.1, -0.05) is 28.1 Å². The molecule has 1 aliphatic rings. The van der Waals surface area contributed by atoms with E-state index < -0.39 is 0 Å². The molecule has 1 fully saturated rings. The van der Waals surface area contributed by atoms with Crippen molar-refractivity contribution < 1.29 is 9.59 Å². The second kappa shape index (κ2) is 9.43. The van der Waals surface area contributed by atoms with E-state index >= 15 is 0 Å². The quantitative estimate of drug-likeness (QED) is 0.809. The third-order valence-electron chi connectivity index (χ3n) is 4.34.